The first-order valence-electron chi connectivity index (χ1n) is 7.62. The Bertz CT molecular complexity index is 206. The van der Waals surface area contributed by atoms with Crippen molar-refractivity contribution in [2.24, 2.45) is 10.8 Å². The zero-order chi connectivity index (χ0) is 13.3. The zero-order valence-electron chi connectivity index (χ0n) is 12.2. The molecule has 4 nitrogen and oxygen atoms in total. The molecule has 0 fully saturated rings. The van der Waals surface area contributed by atoms with Gasteiger partial charge in [0.2, 0.25) is 0 Å². The van der Waals surface area contributed by atoms with Crippen LogP contribution in [-0.4, -0.2) is 13.1 Å². The minimum atomic E-state index is 0. The minimum absolute atomic E-state index is 0. The summed E-state index contributed by atoms with van der Waals surface area (Å²) in [6.07, 6.45) is 15.6. The van der Waals surface area contributed by atoms with Crippen LogP contribution < -0.4 is 5.73 Å². The van der Waals surface area contributed by atoms with E-state index in [-0.39, 0.29) is 12.4 Å². The number of azide groups is 1. The molecule has 0 aliphatic carbocycles. The van der Waals surface area contributed by atoms with Crippen molar-refractivity contribution in [1.82, 2.24) is 0 Å². The van der Waals surface area contributed by atoms with Gasteiger partial charge in [0.25, 0.3) is 0 Å². The highest BCUT2D eigenvalue weighted by Crippen LogP contribution is 2.11. The van der Waals surface area contributed by atoms with Gasteiger partial charge in [-0.15, -0.1) is 12.4 Å². The highest BCUT2D eigenvalue weighted by atomic mass is 35.5. The van der Waals surface area contributed by atoms with Crippen molar-refractivity contribution in [2.45, 2.75) is 77.0 Å². The van der Waals surface area contributed by atoms with E-state index in [2.05, 4.69) is 10.0 Å². The van der Waals surface area contributed by atoms with E-state index >= 15 is 0 Å². The van der Waals surface area contributed by atoms with Gasteiger partial charge in [0.05, 0.1) is 0 Å². The van der Waals surface area contributed by atoms with Crippen molar-refractivity contribution in [1.29, 1.82) is 0 Å². The molecule has 114 valence electrons. The summed E-state index contributed by atoms with van der Waals surface area (Å²) in [7, 11) is 0. The highest BCUT2D eigenvalue weighted by molar-refractivity contribution is 5.85. The van der Waals surface area contributed by atoms with Gasteiger partial charge >= 0.3 is 0 Å². The maximum atomic E-state index is 8.11. The van der Waals surface area contributed by atoms with Gasteiger partial charge in [-0.2, -0.15) is 0 Å². The average Bonchev–Trinajstić information content (AvgIpc) is 2.39. The zero-order valence-corrected chi connectivity index (χ0v) is 13.0. The molecule has 0 bridgehead atoms. The monoisotopic (exact) mass is 290 g/mol. The van der Waals surface area contributed by atoms with Crippen molar-refractivity contribution in [2.75, 3.05) is 13.1 Å². The number of halogens is 1. The Morgan fingerprint density at radius 1 is 0.684 bits per heavy atom. The van der Waals surface area contributed by atoms with Gasteiger partial charge in [0.1, 0.15) is 0 Å². The van der Waals surface area contributed by atoms with Crippen molar-refractivity contribution in [3.05, 3.63) is 10.4 Å². The van der Waals surface area contributed by atoms with E-state index < -0.39 is 0 Å². The molecular formula is C14H31ClN4. The summed E-state index contributed by atoms with van der Waals surface area (Å²) in [5.41, 5.74) is 13.6. The second kappa shape index (κ2) is 19.9. The topological polar surface area (TPSA) is 74.8 Å². The molecule has 0 aliphatic rings. The molecule has 0 aromatic rings. The van der Waals surface area contributed by atoms with Crippen molar-refractivity contribution < 1.29 is 0 Å². The lowest BCUT2D eigenvalue weighted by Crippen LogP contribution is -1.97. The van der Waals surface area contributed by atoms with E-state index in [4.69, 9.17) is 11.3 Å². The van der Waals surface area contributed by atoms with Gasteiger partial charge < -0.3 is 5.73 Å². The Balaban J connectivity index is 0. The smallest absolute Gasteiger partial charge is 0.0257 e. The molecule has 0 aromatic carbocycles. The second-order valence-electron chi connectivity index (χ2n) is 4.99. The minimum Gasteiger partial charge on any atom is -0.330 e. The molecule has 0 aromatic heterocycles. The van der Waals surface area contributed by atoms with Crippen LogP contribution in [0.1, 0.15) is 77.0 Å². The summed E-state index contributed by atoms with van der Waals surface area (Å²) in [4.78, 5) is 2.75. The van der Waals surface area contributed by atoms with Crippen molar-refractivity contribution in [3.63, 3.8) is 0 Å². The molecule has 0 amide bonds. The molecule has 0 spiro atoms. The van der Waals surface area contributed by atoms with Crippen LogP contribution in [0.25, 0.3) is 10.4 Å². The fraction of sp³-hybridized carbons (Fsp3) is 1.00. The van der Waals surface area contributed by atoms with Crippen LogP contribution in [0.4, 0.5) is 0 Å². The number of unbranched alkanes of at least 4 members (excludes halogenated alkanes) is 11. The fourth-order valence-corrected chi connectivity index (χ4v) is 2.14. The highest BCUT2D eigenvalue weighted by Gasteiger charge is 1.93. The Labute approximate surface area is 124 Å². The average molecular weight is 291 g/mol. The molecular weight excluding hydrogens is 260 g/mol. The van der Waals surface area contributed by atoms with Crippen LogP contribution in [-0.2, 0) is 0 Å². The molecule has 19 heavy (non-hydrogen) atoms. The first-order valence-corrected chi connectivity index (χ1v) is 7.62. The van der Waals surface area contributed by atoms with Gasteiger partial charge in [0, 0.05) is 11.5 Å². The summed E-state index contributed by atoms with van der Waals surface area (Å²) in [5.74, 6) is 0. The number of rotatable bonds is 14. The molecule has 2 N–H and O–H groups in total. The summed E-state index contributed by atoms with van der Waals surface area (Å²) in [6.45, 7) is 1.51. The van der Waals surface area contributed by atoms with Crippen molar-refractivity contribution in [3.8, 4) is 0 Å². The van der Waals surface area contributed by atoms with Gasteiger partial charge in [-0.25, -0.2) is 0 Å². The molecule has 0 atom stereocenters. The molecule has 0 rings (SSSR count). The van der Waals surface area contributed by atoms with Gasteiger partial charge in [-0.3, -0.25) is 0 Å². The predicted molar refractivity (Wildman–Crippen MR) is 85.7 cm³/mol. The lowest BCUT2D eigenvalue weighted by molar-refractivity contribution is 0.542. The lowest BCUT2D eigenvalue weighted by Gasteiger charge is -2.02. The molecule has 0 aliphatic heterocycles. The van der Waals surface area contributed by atoms with E-state index in [0.717, 1.165) is 13.0 Å². The third kappa shape index (κ3) is 20.1. The Morgan fingerprint density at radius 3 is 1.42 bits per heavy atom. The molecule has 0 saturated heterocycles. The van der Waals surface area contributed by atoms with E-state index in [9.17, 15) is 0 Å². The van der Waals surface area contributed by atoms with E-state index in [1.54, 1.807) is 0 Å². The quantitative estimate of drug-likeness (QED) is 0.199. The molecule has 5 heteroatoms. The van der Waals surface area contributed by atoms with E-state index in [1.165, 1.54) is 70.6 Å². The number of nitrogens with zero attached hydrogens (tertiary/aromatic N) is 3. The maximum absolute atomic E-state index is 8.11. The van der Waals surface area contributed by atoms with E-state index in [1.807, 2.05) is 0 Å². The standard InChI is InChI=1S/C14H30N4.ClH/c15-13-11-9-7-5-3-1-2-4-6-8-10-12-14-17-18-16;/h1-15H2;1H. The maximum Gasteiger partial charge on any atom is 0.0257 e. The second-order valence-corrected chi connectivity index (χ2v) is 4.99. The summed E-state index contributed by atoms with van der Waals surface area (Å²) >= 11 is 0. The largest absolute Gasteiger partial charge is 0.330 e. The van der Waals surface area contributed by atoms with Crippen molar-refractivity contribution >= 4 is 12.4 Å². The summed E-state index contributed by atoms with van der Waals surface area (Å²) < 4.78 is 0. The Hall–Kier alpha value is -0.440. The predicted octanol–water partition coefficient (Wildman–Crippen LogP) is 5.36. The first-order chi connectivity index (χ1) is 8.91. The van der Waals surface area contributed by atoms with E-state index in [0.29, 0.717) is 6.54 Å². The molecule has 0 radical (unpaired) electrons. The Kier molecular flexibility index (Phi) is 21.8. The van der Waals surface area contributed by atoms with Crippen LogP contribution in [0.5, 0.6) is 0 Å². The number of nitrogens with two attached hydrogens (primary N) is 1. The normalized spacial score (nSPS) is 9.74. The summed E-state index contributed by atoms with van der Waals surface area (Å²) in [6, 6.07) is 0. The lowest BCUT2D eigenvalue weighted by atomic mass is 10.1. The van der Waals surface area contributed by atoms with Gasteiger partial charge in [-0.05, 0) is 24.9 Å². The van der Waals surface area contributed by atoms with Crippen LogP contribution >= 0.6 is 12.4 Å². The third-order valence-electron chi connectivity index (χ3n) is 3.28. The van der Waals surface area contributed by atoms with Crippen LogP contribution in [0, 0.1) is 0 Å². The number of hydrogen-bond donors (Lipinski definition) is 1. The van der Waals surface area contributed by atoms with Crippen LogP contribution in [0.15, 0.2) is 5.11 Å². The third-order valence-corrected chi connectivity index (χ3v) is 3.28. The van der Waals surface area contributed by atoms with Gasteiger partial charge in [0.15, 0.2) is 0 Å². The fourth-order valence-electron chi connectivity index (χ4n) is 2.14. The first kappa shape index (κ1) is 20.9. The molecule has 0 unspecified atom stereocenters. The Morgan fingerprint density at radius 2 is 1.05 bits per heavy atom. The molecule has 0 heterocycles. The molecule has 0 saturated carbocycles. The summed E-state index contributed by atoms with van der Waals surface area (Å²) in [5, 5.41) is 3.53. The number of hydrogen-bond acceptors (Lipinski definition) is 2. The van der Waals surface area contributed by atoms with Crippen LogP contribution in [0.3, 0.4) is 0 Å². The van der Waals surface area contributed by atoms with Gasteiger partial charge in [-0.1, -0.05) is 69.3 Å². The van der Waals surface area contributed by atoms with Crippen LogP contribution in [0.2, 0.25) is 0 Å². The SMILES string of the molecule is Cl.[N-]=[N+]=NCCCCCCCCCCCCCCN.